The van der Waals surface area contributed by atoms with Gasteiger partial charge in [0, 0.05) is 4.47 Å². The summed E-state index contributed by atoms with van der Waals surface area (Å²) in [6.07, 6.45) is 0. The van der Waals surface area contributed by atoms with Gasteiger partial charge in [0.2, 0.25) is 0 Å². The lowest BCUT2D eigenvalue weighted by Gasteiger charge is -2.17. The zero-order valence-electron chi connectivity index (χ0n) is 9.71. The van der Waals surface area contributed by atoms with Crippen LogP contribution >= 0.6 is 15.9 Å². The molecule has 0 aliphatic rings. The number of nitrogens with one attached hydrogen (secondary N) is 1. The minimum absolute atomic E-state index is 0.244. The number of esters is 1. The number of benzene rings is 1. The lowest BCUT2D eigenvalue weighted by molar-refractivity contribution is -0.145. The number of carbonyl (C=O) groups excluding carboxylic acids is 1. The molecule has 1 aromatic carbocycles. The van der Waals surface area contributed by atoms with E-state index in [0.29, 0.717) is 6.61 Å². The molecule has 0 aliphatic heterocycles. The fourth-order valence-corrected chi connectivity index (χ4v) is 1.93. The summed E-state index contributed by atoms with van der Waals surface area (Å²) in [5.41, 5.74) is 2.01. The van der Waals surface area contributed by atoms with E-state index in [1.54, 1.807) is 14.0 Å². The van der Waals surface area contributed by atoms with Crippen LogP contribution in [0.15, 0.2) is 22.7 Å². The van der Waals surface area contributed by atoms with Crippen LogP contribution in [-0.2, 0) is 9.53 Å². The molecule has 1 atom stereocenters. The molecule has 0 aromatic heterocycles. The van der Waals surface area contributed by atoms with E-state index in [-0.39, 0.29) is 5.97 Å². The summed E-state index contributed by atoms with van der Waals surface area (Å²) in [5, 5.41) is 2.98. The molecule has 0 spiro atoms. The normalized spacial score (nSPS) is 12.2. The second-order valence-electron chi connectivity index (χ2n) is 3.47. The zero-order chi connectivity index (χ0) is 12.1. The van der Waals surface area contributed by atoms with Crippen molar-refractivity contribution in [2.24, 2.45) is 0 Å². The Morgan fingerprint density at radius 2 is 2.25 bits per heavy atom. The number of hydrogen-bond acceptors (Lipinski definition) is 3. The van der Waals surface area contributed by atoms with Crippen LogP contribution < -0.4 is 5.32 Å². The summed E-state index contributed by atoms with van der Waals surface area (Å²) in [6, 6.07) is 5.46. The molecule has 0 saturated carbocycles. The van der Waals surface area contributed by atoms with Crippen molar-refractivity contribution >= 4 is 21.9 Å². The minimum Gasteiger partial charge on any atom is -0.465 e. The van der Waals surface area contributed by atoms with Gasteiger partial charge < -0.3 is 10.1 Å². The molecule has 16 heavy (non-hydrogen) atoms. The van der Waals surface area contributed by atoms with Crippen LogP contribution in [-0.4, -0.2) is 19.6 Å². The maximum absolute atomic E-state index is 11.7. The fraction of sp³-hybridized carbons (Fsp3) is 0.417. The Balaban J connectivity index is 3.03. The topological polar surface area (TPSA) is 38.3 Å². The summed E-state index contributed by atoms with van der Waals surface area (Å²) < 4.78 is 5.98. The van der Waals surface area contributed by atoms with E-state index in [4.69, 9.17) is 4.74 Å². The molecule has 0 aliphatic carbocycles. The van der Waals surface area contributed by atoms with E-state index in [1.807, 2.05) is 25.1 Å². The first-order valence-corrected chi connectivity index (χ1v) is 5.99. The third kappa shape index (κ3) is 3.06. The number of rotatable bonds is 4. The number of aryl methyl sites for hydroxylation is 1. The molecule has 0 saturated heterocycles. The molecular weight excluding hydrogens is 270 g/mol. The Kier molecular flexibility index (Phi) is 4.96. The van der Waals surface area contributed by atoms with Crippen LogP contribution in [0.1, 0.15) is 24.1 Å². The van der Waals surface area contributed by atoms with Crippen molar-refractivity contribution in [3.8, 4) is 0 Å². The standard InChI is InChI=1S/C12H16BrNO2/c1-4-16-12(15)11(14-3)10-7-9(13)6-5-8(10)2/h5-7,11,14H,4H2,1-3H3. The Morgan fingerprint density at radius 3 is 2.81 bits per heavy atom. The van der Waals surface area contributed by atoms with Crippen LogP contribution in [0.3, 0.4) is 0 Å². The number of hydrogen-bond donors (Lipinski definition) is 1. The molecule has 1 rings (SSSR count). The van der Waals surface area contributed by atoms with Gasteiger partial charge in [-0.25, -0.2) is 4.79 Å². The molecule has 0 fully saturated rings. The molecule has 1 unspecified atom stereocenters. The van der Waals surface area contributed by atoms with Crippen LogP contribution in [0.5, 0.6) is 0 Å². The Morgan fingerprint density at radius 1 is 1.56 bits per heavy atom. The Labute approximate surface area is 104 Å². The number of likely N-dealkylation sites (N-methyl/N-ethyl adjacent to an activating group) is 1. The van der Waals surface area contributed by atoms with Gasteiger partial charge in [-0.3, -0.25) is 0 Å². The van der Waals surface area contributed by atoms with E-state index < -0.39 is 6.04 Å². The second kappa shape index (κ2) is 6.01. The highest BCUT2D eigenvalue weighted by Crippen LogP contribution is 2.23. The summed E-state index contributed by atoms with van der Waals surface area (Å²) >= 11 is 3.40. The van der Waals surface area contributed by atoms with Gasteiger partial charge >= 0.3 is 5.97 Å². The molecule has 1 aromatic rings. The average Bonchev–Trinajstić information content (AvgIpc) is 2.24. The van der Waals surface area contributed by atoms with Gasteiger partial charge in [-0.1, -0.05) is 22.0 Å². The number of carbonyl (C=O) groups is 1. The summed E-state index contributed by atoms with van der Waals surface area (Å²) in [7, 11) is 1.75. The summed E-state index contributed by atoms with van der Waals surface area (Å²) in [4.78, 5) is 11.7. The van der Waals surface area contributed by atoms with Gasteiger partial charge in [-0.15, -0.1) is 0 Å². The first-order chi connectivity index (χ1) is 7.60. The predicted molar refractivity (Wildman–Crippen MR) is 67.3 cm³/mol. The first-order valence-electron chi connectivity index (χ1n) is 5.20. The Bertz CT molecular complexity index is 379. The van der Waals surface area contributed by atoms with E-state index in [1.165, 1.54) is 0 Å². The van der Waals surface area contributed by atoms with Gasteiger partial charge in [0.1, 0.15) is 6.04 Å². The lowest BCUT2D eigenvalue weighted by atomic mass is 10.0. The molecule has 1 N–H and O–H groups in total. The van der Waals surface area contributed by atoms with Crippen molar-refractivity contribution in [3.05, 3.63) is 33.8 Å². The van der Waals surface area contributed by atoms with Crippen molar-refractivity contribution < 1.29 is 9.53 Å². The van der Waals surface area contributed by atoms with E-state index in [0.717, 1.165) is 15.6 Å². The molecule has 88 valence electrons. The first kappa shape index (κ1) is 13.2. The van der Waals surface area contributed by atoms with Crippen molar-refractivity contribution in [2.75, 3.05) is 13.7 Å². The molecule has 0 bridgehead atoms. The van der Waals surface area contributed by atoms with Crippen molar-refractivity contribution in [1.29, 1.82) is 0 Å². The van der Waals surface area contributed by atoms with Gasteiger partial charge in [0.05, 0.1) is 6.61 Å². The SMILES string of the molecule is CCOC(=O)C(NC)c1cc(Br)ccc1C. The highest BCUT2D eigenvalue weighted by atomic mass is 79.9. The molecule has 3 nitrogen and oxygen atoms in total. The van der Waals surface area contributed by atoms with E-state index in [2.05, 4.69) is 21.2 Å². The Hall–Kier alpha value is -0.870. The van der Waals surface area contributed by atoms with E-state index in [9.17, 15) is 4.79 Å². The lowest BCUT2D eigenvalue weighted by Crippen LogP contribution is -2.28. The number of halogens is 1. The van der Waals surface area contributed by atoms with Crippen LogP contribution in [0.25, 0.3) is 0 Å². The average molecular weight is 286 g/mol. The van der Waals surface area contributed by atoms with Crippen LogP contribution in [0.4, 0.5) is 0 Å². The fourth-order valence-electron chi connectivity index (χ4n) is 1.55. The minimum atomic E-state index is -0.405. The van der Waals surface area contributed by atoms with Gasteiger partial charge in [0.25, 0.3) is 0 Å². The van der Waals surface area contributed by atoms with Crippen molar-refractivity contribution in [2.45, 2.75) is 19.9 Å². The zero-order valence-corrected chi connectivity index (χ0v) is 11.3. The number of ether oxygens (including phenoxy) is 1. The third-order valence-electron chi connectivity index (χ3n) is 2.36. The molecule has 0 amide bonds. The predicted octanol–water partition coefficient (Wildman–Crippen LogP) is 2.58. The monoisotopic (exact) mass is 285 g/mol. The maximum atomic E-state index is 11.7. The van der Waals surface area contributed by atoms with E-state index >= 15 is 0 Å². The smallest absolute Gasteiger partial charge is 0.327 e. The quantitative estimate of drug-likeness (QED) is 0.865. The highest BCUT2D eigenvalue weighted by Gasteiger charge is 2.21. The van der Waals surface area contributed by atoms with Crippen molar-refractivity contribution in [3.63, 3.8) is 0 Å². The van der Waals surface area contributed by atoms with Crippen LogP contribution in [0.2, 0.25) is 0 Å². The largest absolute Gasteiger partial charge is 0.465 e. The summed E-state index contributed by atoms with van der Waals surface area (Å²) in [5.74, 6) is -0.244. The van der Waals surface area contributed by atoms with Crippen molar-refractivity contribution in [1.82, 2.24) is 5.32 Å². The maximum Gasteiger partial charge on any atom is 0.327 e. The second-order valence-corrected chi connectivity index (χ2v) is 4.39. The molecule has 4 heteroatoms. The third-order valence-corrected chi connectivity index (χ3v) is 2.86. The molecule has 0 radical (unpaired) electrons. The highest BCUT2D eigenvalue weighted by molar-refractivity contribution is 9.10. The molecular formula is C12H16BrNO2. The van der Waals surface area contributed by atoms with Gasteiger partial charge in [-0.05, 0) is 44.2 Å². The van der Waals surface area contributed by atoms with Gasteiger partial charge in [-0.2, -0.15) is 0 Å². The summed E-state index contributed by atoms with van der Waals surface area (Å²) in [6.45, 7) is 4.17. The van der Waals surface area contributed by atoms with Crippen LogP contribution in [0, 0.1) is 6.92 Å². The van der Waals surface area contributed by atoms with Gasteiger partial charge in [0.15, 0.2) is 0 Å². The molecule has 0 heterocycles.